The molecule has 0 fully saturated rings. The second-order valence-electron chi connectivity index (χ2n) is 3.50. The number of carbonyl (C=O) groups is 2. The molecule has 5 N–H and O–H groups in total. The van der Waals surface area contributed by atoms with Crippen molar-refractivity contribution in [3.63, 3.8) is 0 Å². The summed E-state index contributed by atoms with van der Waals surface area (Å²) in [6, 6.07) is 4.31. The lowest BCUT2D eigenvalue weighted by Gasteiger charge is -2.06. The molecule has 0 bridgehead atoms. The van der Waals surface area contributed by atoms with Gasteiger partial charge in [-0.15, -0.1) is 0 Å². The number of benzene rings is 1. The lowest BCUT2D eigenvalue weighted by molar-refractivity contribution is -0.136. The first-order valence-electron chi connectivity index (χ1n) is 5.03. The molecule has 18 heavy (non-hydrogen) atoms. The maximum absolute atomic E-state index is 11.3. The Morgan fingerprint density at radius 2 is 1.94 bits per heavy atom. The number of ether oxygens (including phenoxy) is 1. The molecule has 1 amide bonds. The summed E-state index contributed by atoms with van der Waals surface area (Å²) in [5.41, 5.74) is 10.5. The van der Waals surface area contributed by atoms with E-state index in [1.165, 1.54) is 18.2 Å². The second kappa shape index (κ2) is 6.02. The Balaban J connectivity index is 2.69. The average molecular weight is 270 g/mol. The van der Waals surface area contributed by atoms with E-state index >= 15 is 0 Å². The molecule has 0 saturated carbocycles. The summed E-state index contributed by atoms with van der Waals surface area (Å²) in [6.45, 7) is 0. The standard InChI is InChI=1S/C11H12ClN3O3/c12-8-5-6(1-2-7(8)11(14)15)18-10(17)4-3-9(13)16/h1-2,5H,3-4H2,(H2,13,16)(H3,14,15). The van der Waals surface area contributed by atoms with Gasteiger partial charge in [0.2, 0.25) is 5.91 Å². The van der Waals surface area contributed by atoms with Gasteiger partial charge in [-0.1, -0.05) is 11.6 Å². The Bertz CT molecular complexity index is 502. The lowest BCUT2D eigenvalue weighted by atomic mass is 10.2. The van der Waals surface area contributed by atoms with Crippen molar-refractivity contribution in [1.82, 2.24) is 0 Å². The number of hydrogen-bond acceptors (Lipinski definition) is 4. The minimum atomic E-state index is -0.583. The van der Waals surface area contributed by atoms with Crippen LogP contribution in [0.2, 0.25) is 5.02 Å². The fourth-order valence-electron chi connectivity index (χ4n) is 1.19. The number of nitrogens with two attached hydrogens (primary N) is 2. The predicted molar refractivity (Wildman–Crippen MR) is 66.5 cm³/mol. The number of esters is 1. The molecule has 0 atom stereocenters. The predicted octanol–water partition coefficient (Wildman–Crippen LogP) is 0.795. The number of amidine groups is 1. The van der Waals surface area contributed by atoms with Gasteiger partial charge in [0.25, 0.3) is 0 Å². The van der Waals surface area contributed by atoms with Crippen LogP contribution in [-0.2, 0) is 9.59 Å². The molecule has 96 valence electrons. The highest BCUT2D eigenvalue weighted by Crippen LogP contribution is 2.22. The quantitative estimate of drug-likeness (QED) is 0.317. The van der Waals surface area contributed by atoms with Crippen LogP contribution in [0, 0.1) is 5.41 Å². The first-order chi connectivity index (χ1) is 8.40. The van der Waals surface area contributed by atoms with Crippen LogP contribution in [0.15, 0.2) is 18.2 Å². The highest BCUT2D eigenvalue weighted by molar-refractivity contribution is 6.34. The number of halogens is 1. The Morgan fingerprint density at radius 3 is 2.44 bits per heavy atom. The zero-order valence-corrected chi connectivity index (χ0v) is 10.2. The smallest absolute Gasteiger partial charge is 0.311 e. The van der Waals surface area contributed by atoms with Crippen molar-refractivity contribution in [3.8, 4) is 5.75 Å². The van der Waals surface area contributed by atoms with E-state index in [0.29, 0.717) is 5.56 Å². The molecule has 0 aliphatic heterocycles. The highest BCUT2D eigenvalue weighted by atomic mass is 35.5. The second-order valence-corrected chi connectivity index (χ2v) is 3.90. The average Bonchev–Trinajstić information content (AvgIpc) is 2.26. The first-order valence-corrected chi connectivity index (χ1v) is 5.41. The number of primary amides is 1. The minimum absolute atomic E-state index is 0.0713. The van der Waals surface area contributed by atoms with Crippen LogP contribution >= 0.6 is 11.6 Å². The molecule has 0 spiro atoms. The molecule has 0 aliphatic carbocycles. The molecule has 0 saturated heterocycles. The van der Waals surface area contributed by atoms with Gasteiger partial charge in [-0.05, 0) is 12.1 Å². The zero-order valence-electron chi connectivity index (χ0n) is 9.40. The van der Waals surface area contributed by atoms with E-state index in [-0.39, 0.29) is 29.4 Å². The molecule has 0 unspecified atom stereocenters. The maximum Gasteiger partial charge on any atom is 0.311 e. The molecule has 6 nitrogen and oxygen atoms in total. The van der Waals surface area contributed by atoms with Crippen LogP contribution in [0.4, 0.5) is 0 Å². The molecular weight excluding hydrogens is 258 g/mol. The van der Waals surface area contributed by atoms with Crippen LogP contribution in [0.1, 0.15) is 18.4 Å². The van der Waals surface area contributed by atoms with Gasteiger partial charge in [0.05, 0.1) is 11.4 Å². The molecule has 0 aliphatic rings. The number of carbonyl (C=O) groups excluding carboxylic acids is 2. The van der Waals surface area contributed by atoms with Crippen molar-refractivity contribution in [2.75, 3.05) is 0 Å². The summed E-state index contributed by atoms with van der Waals surface area (Å²) in [5, 5.41) is 7.45. The molecule has 1 rings (SSSR count). The zero-order chi connectivity index (χ0) is 13.7. The molecule has 1 aromatic rings. The van der Waals surface area contributed by atoms with Gasteiger partial charge in [-0.2, -0.15) is 0 Å². The van der Waals surface area contributed by atoms with Crippen molar-refractivity contribution in [2.45, 2.75) is 12.8 Å². The fraction of sp³-hybridized carbons (Fsp3) is 0.182. The number of nitrogen functional groups attached to an aromatic ring is 1. The number of nitrogens with one attached hydrogen (secondary N) is 1. The first kappa shape index (κ1) is 14.0. The van der Waals surface area contributed by atoms with E-state index < -0.39 is 11.9 Å². The third-order valence-corrected chi connectivity index (χ3v) is 2.35. The van der Waals surface area contributed by atoms with Gasteiger partial charge >= 0.3 is 5.97 Å². The summed E-state index contributed by atoms with van der Waals surface area (Å²) >= 11 is 5.85. The van der Waals surface area contributed by atoms with Gasteiger partial charge in [-0.3, -0.25) is 15.0 Å². The number of hydrogen-bond donors (Lipinski definition) is 3. The summed E-state index contributed by atoms with van der Waals surface area (Å²) in [7, 11) is 0. The Morgan fingerprint density at radius 1 is 1.28 bits per heavy atom. The highest BCUT2D eigenvalue weighted by Gasteiger charge is 2.09. The van der Waals surface area contributed by atoms with E-state index in [4.69, 9.17) is 33.2 Å². The summed E-state index contributed by atoms with van der Waals surface area (Å²) in [5.74, 6) is -1.11. The van der Waals surface area contributed by atoms with E-state index in [9.17, 15) is 9.59 Å². The third kappa shape index (κ3) is 4.06. The van der Waals surface area contributed by atoms with E-state index in [1.54, 1.807) is 0 Å². The van der Waals surface area contributed by atoms with E-state index in [0.717, 1.165) is 0 Å². The molecule has 1 aromatic carbocycles. The third-order valence-electron chi connectivity index (χ3n) is 2.04. The fourth-order valence-corrected chi connectivity index (χ4v) is 1.46. The molecule has 0 radical (unpaired) electrons. The maximum atomic E-state index is 11.3. The van der Waals surface area contributed by atoms with Crippen molar-refractivity contribution in [2.24, 2.45) is 11.5 Å². The van der Waals surface area contributed by atoms with Crippen LogP contribution in [-0.4, -0.2) is 17.7 Å². The normalized spacial score (nSPS) is 9.83. The SMILES string of the molecule is N=C(N)c1ccc(OC(=O)CCC(N)=O)cc1Cl. The van der Waals surface area contributed by atoms with Gasteiger partial charge in [-0.25, -0.2) is 0 Å². The van der Waals surface area contributed by atoms with Crippen LogP contribution in [0.25, 0.3) is 0 Å². The number of amides is 1. The van der Waals surface area contributed by atoms with Gasteiger partial charge in [0.1, 0.15) is 11.6 Å². The van der Waals surface area contributed by atoms with Crippen molar-refractivity contribution < 1.29 is 14.3 Å². The summed E-state index contributed by atoms with van der Waals surface area (Å²) in [4.78, 5) is 21.8. The largest absolute Gasteiger partial charge is 0.426 e. The van der Waals surface area contributed by atoms with Crippen molar-refractivity contribution in [3.05, 3.63) is 28.8 Å². The minimum Gasteiger partial charge on any atom is -0.426 e. The van der Waals surface area contributed by atoms with Crippen LogP contribution in [0.3, 0.4) is 0 Å². The molecule has 0 heterocycles. The van der Waals surface area contributed by atoms with Gasteiger partial charge < -0.3 is 16.2 Å². The van der Waals surface area contributed by atoms with Crippen molar-refractivity contribution >= 4 is 29.3 Å². The Hall–Kier alpha value is -2.08. The monoisotopic (exact) mass is 269 g/mol. The molecular formula is C11H12ClN3O3. The molecule has 0 aromatic heterocycles. The summed E-state index contributed by atoms with van der Waals surface area (Å²) < 4.78 is 4.94. The Labute approximate surface area is 108 Å². The van der Waals surface area contributed by atoms with Crippen molar-refractivity contribution in [1.29, 1.82) is 5.41 Å². The van der Waals surface area contributed by atoms with Crippen LogP contribution in [0.5, 0.6) is 5.75 Å². The molecule has 7 heteroatoms. The van der Waals surface area contributed by atoms with Gasteiger partial charge in [0.15, 0.2) is 0 Å². The topological polar surface area (TPSA) is 119 Å². The lowest BCUT2D eigenvalue weighted by Crippen LogP contribution is -2.16. The van der Waals surface area contributed by atoms with E-state index in [2.05, 4.69) is 0 Å². The Kier molecular flexibility index (Phi) is 4.67. The van der Waals surface area contributed by atoms with Gasteiger partial charge in [0, 0.05) is 18.1 Å². The van der Waals surface area contributed by atoms with E-state index in [1.807, 2.05) is 0 Å². The summed E-state index contributed by atoms with van der Waals surface area (Å²) in [6.07, 6.45) is -0.167. The van der Waals surface area contributed by atoms with Crippen LogP contribution < -0.4 is 16.2 Å². The number of rotatable bonds is 5.